The van der Waals surface area contributed by atoms with E-state index >= 15 is 0 Å². The molecule has 2 aromatic carbocycles. The Bertz CT molecular complexity index is 505. The van der Waals surface area contributed by atoms with Gasteiger partial charge in [0, 0.05) is 12.2 Å². The molecule has 0 aliphatic heterocycles. The highest BCUT2D eigenvalue weighted by molar-refractivity contribution is 5.50. The summed E-state index contributed by atoms with van der Waals surface area (Å²) in [5, 5.41) is 13.4. The van der Waals surface area contributed by atoms with Gasteiger partial charge in [-0.1, -0.05) is 48.0 Å². The molecule has 0 fully saturated rings. The maximum atomic E-state index is 10.1. The molecule has 2 heteroatoms. The molecule has 0 saturated carbocycles. The summed E-state index contributed by atoms with van der Waals surface area (Å²) in [5.74, 6) is 0. The van der Waals surface area contributed by atoms with E-state index in [9.17, 15) is 5.11 Å². The van der Waals surface area contributed by atoms with Crippen LogP contribution >= 0.6 is 0 Å². The summed E-state index contributed by atoms with van der Waals surface area (Å²) in [4.78, 5) is 0. The highest BCUT2D eigenvalue weighted by Gasteiger charge is 2.07. The van der Waals surface area contributed by atoms with Crippen molar-refractivity contribution in [2.45, 2.75) is 20.0 Å². The van der Waals surface area contributed by atoms with Crippen LogP contribution in [0.3, 0.4) is 0 Å². The standard InChI is InChI=1S/C16H19NO/c1-12-7-9-14(10-8-12)16(18)11-17-15-6-4-3-5-13(15)2/h3-10,16-18H,11H2,1-2H3. The summed E-state index contributed by atoms with van der Waals surface area (Å²) in [6, 6.07) is 16.1. The van der Waals surface area contributed by atoms with Gasteiger partial charge in [-0.25, -0.2) is 0 Å². The first-order valence-electron chi connectivity index (χ1n) is 6.21. The largest absolute Gasteiger partial charge is 0.387 e. The van der Waals surface area contributed by atoms with Crippen molar-refractivity contribution in [3.05, 3.63) is 65.2 Å². The number of rotatable bonds is 4. The highest BCUT2D eigenvalue weighted by atomic mass is 16.3. The van der Waals surface area contributed by atoms with Gasteiger partial charge in [0.2, 0.25) is 0 Å². The van der Waals surface area contributed by atoms with E-state index in [2.05, 4.69) is 18.3 Å². The van der Waals surface area contributed by atoms with Gasteiger partial charge in [-0.05, 0) is 31.0 Å². The van der Waals surface area contributed by atoms with Gasteiger partial charge in [-0.2, -0.15) is 0 Å². The molecule has 0 bridgehead atoms. The summed E-state index contributed by atoms with van der Waals surface area (Å²) in [5.41, 5.74) is 4.41. The van der Waals surface area contributed by atoms with E-state index in [1.54, 1.807) is 0 Å². The van der Waals surface area contributed by atoms with Crippen molar-refractivity contribution >= 4 is 5.69 Å². The fourth-order valence-corrected chi connectivity index (χ4v) is 1.88. The first-order chi connectivity index (χ1) is 8.66. The van der Waals surface area contributed by atoms with Gasteiger partial charge in [0.1, 0.15) is 0 Å². The van der Waals surface area contributed by atoms with Crippen LogP contribution in [-0.2, 0) is 0 Å². The summed E-state index contributed by atoms with van der Waals surface area (Å²) in [6.07, 6.45) is -0.481. The Hall–Kier alpha value is -1.80. The normalized spacial score (nSPS) is 12.2. The average molecular weight is 241 g/mol. The molecule has 1 atom stereocenters. The van der Waals surface area contributed by atoms with Crippen LogP contribution in [0.25, 0.3) is 0 Å². The fourth-order valence-electron chi connectivity index (χ4n) is 1.88. The zero-order chi connectivity index (χ0) is 13.0. The van der Waals surface area contributed by atoms with E-state index in [1.807, 2.05) is 49.4 Å². The highest BCUT2D eigenvalue weighted by Crippen LogP contribution is 2.17. The molecular formula is C16H19NO. The van der Waals surface area contributed by atoms with Crippen LogP contribution in [0.5, 0.6) is 0 Å². The van der Waals surface area contributed by atoms with E-state index < -0.39 is 6.10 Å². The third kappa shape index (κ3) is 3.11. The van der Waals surface area contributed by atoms with Gasteiger partial charge in [-0.3, -0.25) is 0 Å². The molecule has 1 unspecified atom stereocenters. The summed E-state index contributed by atoms with van der Waals surface area (Å²) in [7, 11) is 0. The van der Waals surface area contributed by atoms with E-state index in [-0.39, 0.29) is 0 Å². The van der Waals surface area contributed by atoms with E-state index in [4.69, 9.17) is 0 Å². The van der Waals surface area contributed by atoms with E-state index in [1.165, 1.54) is 11.1 Å². The molecule has 0 saturated heterocycles. The van der Waals surface area contributed by atoms with Crippen molar-refractivity contribution in [2.24, 2.45) is 0 Å². The van der Waals surface area contributed by atoms with Gasteiger partial charge in [-0.15, -0.1) is 0 Å². The number of aliphatic hydroxyl groups is 1. The molecule has 2 aromatic rings. The molecule has 2 nitrogen and oxygen atoms in total. The molecule has 0 aromatic heterocycles. The number of aliphatic hydroxyl groups excluding tert-OH is 1. The van der Waals surface area contributed by atoms with Gasteiger partial charge < -0.3 is 10.4 Å². The third-order valence-corrected chi connectivity index (χ3v) is 3.09. The Morgan fingerprint density at radius 3 is 2.33 bits per heavy atom. The number of hydrogen-bond donors (Lipinski definition) is 2. The lowest BCUT2D eigenvalue weighted by Gasteiger charge is -2.14. The first kappa shape index (κ1) is 12.7. The van der Waals surface area contributed by atoms with Crippen LogP contribution in [0.1, 0.15) is 22.8 Å². The molecule has 2 rings (SSSR count). The Morgan fingerprint density at radius 2 is 1.67 bits per heavy atom. The molecule has 0 aliphatic rings. The Balaban J connectivity index is 1.98. The SMILES string of the molecule is Cc1ccc(C(O)CNc2ccccc2C)cc1. The average Bonchev–Trinajstić information content (AvgIpc) is 2.38. The molecule has 2 N–H and O–H groups in total. The van der Waals surface area contributed by atoms with Crippen LogP contribution in [0, 0.1) is 13.8 Å². The lowest BCUT2D eigenvalue weighted by atomic mass is 10.1. The van der Waals surface area contributed by atoms with Crippen molar-refractivity contribution in [3.8, 4) is 0 Å². The van der Waals surface area contributed by atoms with Gasteiger partial charge >= 0.3 is 0 Å². The second-order valence-electron chi connectivity index (χ2n) is 4.62. The lowest BCUT2D eigenvalue weighted by molar-refractivity contribution is 0.191. The third-order valence-electron chi connectivity index (χ3n) is 3.09. The predicted molar refractivity (Wildman–Crippen MR) is 75.8 cm³/mol. The Labute approximate surface area is 108 Å². The van der Waals surface area contributed by atoms with Crippen LogP contribution in [0.2, 0.25) is 0 Å². The molecule has 0 radical (unpaired) electrons. The summed E-state index contributed by atoms with van der Waals surface area (Å²) >= 11 is 0. The molecule has 0 amide bonds. The second kappa shape index (κ2) is 5.69. The first-order valence-corrected chi connectivity index (χ1v) is 6.21. The molecule has 0 spiro atoms. The van der Waals surface area contributed by atoms with Crippen LogP contribution in [0.4, 0.5) is 5.69 Å². The summed E-state index contributed by atoms with van der Waals surface area (Å²) in [6.45, 7) is 4.62. The summed E-state index contributed by atoms with van der Waals surface area (Å²) < 4.78 is 0. The van der Waals surface area contributed by atoms with E-state index in [0.717, 1.165) is 11.3 Å². The quantitative estimate of drug-likeness (QED) is 0.859. The number of aryl methyl sites for hydroxylation is 2. The molecule has 18 heavy (non-hydrogen) atoms. The Morgan fingerprint density at radius 1 is 1.00 bits per heavy atom. The predicted octanol–water partition coefficient (Wildman–Crippen LogP) is 3.45. The molecule has 0 aliphatic carbocycles. The number of hydrogen-bond acceptors (Lipinski definition) is 2. The van der Waals surface area contributed by atoms with Crippen molar-refractivity contribution in [1.82, 2.24) is 0 Å². The minimum Gasteiger partial charge on any atom is -0.387 e. The number of para-hydroxylation sites is 1. The molecule has 0 heterocycles. The minimum absolute atomic E-state index is 0.481. The smallest absolute Gasteiger partial charge is 0.0962 e. The van der Waals surface area contributed by atoms with Crippen molar-refractivity contribution < 1.29 is 5.11 Å². The Kier molecular flexibility index (Phi) is 4.00. The van der Waals surface area contributed by atoms with Crippen molar-refractivity contribution in [3.63, 3.8) is 0 Å². The monoisotopic (exact) mass is 241 g/mol. The topological polar surface area (TPSA) is 32.3 Å². The van der Waals surface area contributed by atoms with Gasteiger partial charge in [0.05, 0.1) is 6.10 Å². The van der Waals surface area contributed by atoms with Crippen LogP contribution in [0.15, 0.2) is 48.5 Å². The van der Waals surface area contributed by atoms with Crippen molar-refractivity contribution in [1.29, 1.82) is 0 Å². The zero-order valence-electron chi connectivity index (χ0n) is 10.9. The second-order valence-corrected chi connectivity index (χ2v) is 4.62. The van der Waals surface area contributed by atoms with Crippen LogP contribution < -0.4 is 5.32 Å². The number of benzene rings is 2. The van der Waals surface area contributed by atoms with Gasteiger partial charge in [0.15, 0.2) is 0 Å². The lowest BCUT2D eigenvalue weighted by Crippen LogP contribution is -2.12. The van der Waals surface area contributed by atoms with E-state index in [0.29, 0.717) is 6.54 Å². The zero-order valence-corrected chi connectivity index (χ0v) is 10.9. The molecular weight excluding hydrogens is 222 g/mol. The van der Waals surface area contributed by atoms with Gasteiger partial charge in [0.25, 0.3) is 0 Å². The maximum Gasteiger partial charge on any atom is 0.0962 e. The van der Waals surface area contributed by atoms with Crippen LogP contribution in [-0.4, -0.2) is 11.7 Å². The maximum absolute atomic E-state index is 10.1. The van der Waals surface area contributed by atoms with Crippen molar-refractivity contribution in [2.75, 3.05) is 11.9 Å². The fraction of sp³-hybridized carbons (Fsp3) is 0.250. The minimum atomic E-state index is -0.481. The molecule has 94 valence electrons. The number of anilines is 1. The number of nitrogens with one attached hydrogen (secondary N) is 1.